The molecule has 2 rings (SSSR count). The maximum Gasteiger partial charge on any atom is 0.203 e. The Hall–Kier alpha value is -1.84. The molecule has 0 unspecified atom stereocenters. The second-order valence-electron chi connectivity index (χ2n) is 4.04. The van der Waals surface area contributed by atoms with E-state index in [9.17, 15) is 0 Å². The highest BCUT2D eigenvalue weighted by Crippen LogP contribution is 2.09. The minimum Gasteiger partial charge on any atom is -0.353 e. The van der Waals surface area contributed by atoms with Crippen molar-refractivity contribution in [3.05, 3.63) is 42.5 Å². The molecule has 0 atom stereocenters. The summed E-state index contributed by atoms with van der Waals surface area (Å²) < 4.78 is 2.08. The van der Waals surface area contributed by atoms with E-state index in [-0.39, 0.29) is 0 Å². The summed E-state index contributed by atoms with van der Waals surface area (Å²) in [5.41, 5.74) is 1.17. The smallest absolute Gasteiger partial charge is 0.203 e. The van der Waals surface area contributed by atoms with Gasteiger partial charge in [0.25, 0.3) is 0 Å². The van der Waals surface area contributed by atoms with Gasteiger partial charge in [-0.25, -0.2) is 4.98 Å². The second-order valence-corrected chi connectivity index (χ2v) is 4.04. The first-order chi connectivity index (χ1) is 7.75. The molecular weight excluding hydrogens is 200 g/mol. The molecule has 2 aromatic heterocycles. The summed E-state index contributed by atoms with van der Waals surface area (Å²) in [4.78, 5) is 8.39. The van der Waals surface area contributed by atoms with Crippen molar-refractivity contribution in [1.82, 2.24) is 14.5 Å². The van der Waals surface area contributed by atoms with Crippen molar-refractivity contribution in [2.75, 3.05) is 5.32 Å². The SMILES string of the molecule is CC(C)Nc1nccn1Cc1cccnc1. The van der Waals surface area contributed by atoms with E-state index < -0.39 is 0 Å². The number of hydrogen-bond donors (Lipinski definition) is 1. The summed E-state index contributed by atoms with van der Waals surface area (Å²) in [6, 6.07) is 4.39. The molecular formula is C12H16N4. The lowest BCUT2D eigenvalue weighted by molar-refractivity contribution is 0.771. The third kappa shape index (κ3) is 2.59. The van der Waals surface area contributed by atoms with Gasteiger partial charge in [-0.05, 0) is 25.5 Å². The van der Waals surface area contributed by atoms with Crippen LogP contribution in [0.4, 0.5) is 5.95 Å². The van der Waals surface area contributed by atoms with Gasteiger partial charge in [0.05, 0.1) is 6.54 Å². The average molecular weight is 216 g/mol. The number of hydrogen-bond acceptors (Lipinski definition) is 3. The molecule has 2 aromatic rings. The molecule has 0 aliphatic rings. The molecule has 0 bridgehead atoms. The van der Waals surface area contributed by atoms with E-state index in [1.54, 1.807) is 12.4 Å². The molecule has 0 saturated carbocycles. The Kier molecular flexibility index (Phi) is 3.19. The van der Waals surface area contributed by atoms with Crippen molar-refractivity contribution in [1.29, 1.82) is 0 Å². The fraction of sp³-hybridized carbons (Fsp3) is 0.333. The van der Waals surface area contributed by atoms with Crippen molar-refractivity contribution >= 4 is 5.95 Å². The minimum absolute atomic E-state index is 0.384. The standard InChI is InChI=1S/C12H16N4/c1-10(2)15-12-14-6-7-16(12)9-11-4-3-5-13-8-11/h3-8,10H,9H2,1-2H3,(H,14,15). The van der Waals surface area contributed by atoms with Gasteiger partial charge in [0.1, 0.15) is 0 Å². The largest absolute Gasteiger partial charge is 0.353 e. The Morgan fingerprint density at radius 1 is 1.38 bits per heavy atom. The fourth-order valence-electron chi connectivity index (χ4n) is 1.52. The molecule has 4 heteroatoms. The van der Waals surface area contributed by atoms with Crippen molar-refractivity contribution < 1.29 is 0 Å². The predicted octanol–water partition coefficient (Wildman–Crippen LogP) is 2.15. The van der Waals surface area contributed by atoms with Crippen molar-refractivity contribution in [3.8, 4) is 0 Å². The highest BCUT2D eigenvalue weighted by molar-refractivity contribution is 5.28. The number of pyridine rings is 1. The van der Waals surface area contributed by atoms with Gasteiger partial charge in [-0.1, -0.05) is 6.07 Å². The lowest BCUT2D eigenvalue weighted by Gasteiger charge is -2.11. The molecule has 0 aliphatic carbocycles. The van der Waals surface area contributed by atoms with E-state index in [1.165, 1.54) is 5.56 Å². The molecule has 2 heterocycles. The minimum atomic E-state index is 0.384. The molecule has 0 aromatic carbocycles. The molecule has 0 aliphatic heterocycles. The van der Waals surface area contributed by atoms with Gasteiger partial charge in [0.15, 0.2) is 0 Å². The summed E-state index contributed by atoms with van der Waals surface area (Å²) in [6.45, 7) is 5.00. The highest BCUT2D eigenvalue weighted by atomic mass is 15.2. The molecule has 0 spiro atoms. The van der Waals surface area contributed by atoms with E-state index in [0.717, 1.165) is 12.5 Å². The number of nitrogens with one attached hydrogen (secondary N) is 1. The normalized spacial score (nSPS) is 10.7. The van der Waals surface area contributed by atoms with Gasteiger partial charge < -0.3 is 9.88 Å². The Morgan fingerprint density at radius 2 is 2.25 bits per heavy atom. The lowest BCUT2D eigenvalue weighted by atomic mass is 10.3. The van der Waals surface area contributed by atoms with Crippen LogP contribution in [0.15, 0.2) is 36.9 Å². The highest BCUT2D eigenvalue weighted by Gasteiger charge is 2.04. The zero-order valence-corrected chi connectivity index (χ0v) is 9.59. The molecule has 4 nitrogen and oxygen atoms in total. The van der Waals surface area contributed by atoms with Crippen molar-refractivity contribution in [3.63, 3.8) is 0 Å². The Balaban J connectivity index is 2.13. The first-order valence-electron chi connectivity index (χ1n) is 5.42. The zero-order valence-electron chi connectivity index (χ0n) is 9.59. The van der Waals surface area contributed by atoms with Crippen LogP contribution in [-0.4, -0.2) is 20.6 Å². The first-order valence-corrected chi connectivity index (χ1v) is 5.42. The van der Waals surface area contributed by atoms with E-state index in [1.807, 2.05) is 18.5 Å². The molecule has 16 heavy (non-hydrogen) atoms. The van der Waals surface area contributed by atoms with Crippen molar-refractivity contribution in [2.45, 2.75) is 26.4 Å². The summed E-state index contributed by atoms with van der Waals surface area (Å²) in [6.07, 6.45) is 7.43. The molecule has 0 saturated heterocycles. The first kappa shape index (κ1) is 10.7. The number of anilines is 1. The van der Waals surface area contributed by atoms with E-state index >= 15 is 0 Å². The average Bonchev–Trinajstić information content (AvgIpc) is 2.66. The molecule has 0 radical (unpaired) electrons. The van der Waals surface area contributed by atoms with Gasteiger partial charge in [-0.15, -0.1) is 0 Å². The van der Waals surface area contributed by atoms with Crippen LogP contribution in [-0.2, 0) is 6.54 Å². The number of nitrogens with zero attached hydrogens (tertiary/aromatic N) is 3. The maximum atomic E-state index is 4.28. The summed E-state index contributed by atoms with van der Waals surface area (Å²) >= 11 is 0. The van der Waals surface area contributed by atoms with Crippen LogP contribution < -0.4 is 5.32 Å². The van der Waals surface area contributed by atoms with Gasteiger partial charge in [0.2, 0.25) is 5.95 Å². The number of imidazole rings is 1. The molecule has 84 valence electrons. The predicted molar refractivity (Wildman–Crippen MR) is 64.3 cm³/mol. The Bertz CT molecular complexity index is 433. The van der Waals surface area contributed by atoms with E-state index in [4.69, 9.17) is 0 Å². The third-order valence-electron chi connectivity index (χ3n) is 2.21. The van der Waals surface area contributed by atoms with Crippen LogP contribution in [0, 0.1) is 0 Å². The van der Waals surface area contributed by atoms with Crippen LogP contribution in [0.25, 0.3) is 0 Å². The van der Waals surface area contributed by atoms with Crippen LogP contribution >= 0.6 is 0 Å². The molecule has 0 amide bonds. The second kappa shape index (κ2) is 4.79. The number of rotatable bonds is 4. The van der Waals surface area contributed by atoms with E-state index in [0.29, 0.717) is 6.04 Å². The van der Waals surface area contributed by atoms with Gasteiger partial charge in [-0.2, -0.15) is 0 Å². The van der Waals surface area contributed by atoms with Crippen LogP contribution in [0.2, 0.25) is 0 Å². The van der Waals surface area contributed by atoms with E-state index in [2.05, 4.69) is 39.8 Å². The quantitative estimate of drug-likeness (QED) is 0.851. The molecule has 0 fully saturated rings. The van der Waals surface area contributed by atoms with Gasteiger partial charge in [-0.3, -0.25) is 4.98 Å². The third-order valence-corrected chi connectivity index (χ3v) is 2.21. The summed E-state index contributed by atoms with van der Waals surface area (Å²) in [7, 11) is 0. The Labute approximate surface area is 95.4 Å². The fourth-order valence-corrected chi connectivity index (χ4v) is 1.52. The summed E-state index contributed by atoms with van der Waals surface area (Å²) in [5.74, 6) is 0.902. The summed E-state index contributed by atoms with van der Waals surface area (Å²) in [5, 5.41) is 3.31. The van der Waals surface area contributed by atoms with Gasteiger partial charge in [0, 0.05) is 30.8 Å². The maximum absolute atomic E-state index is 4.28. The van der Waals surface area contributed by atoms with Gasteiger partial charge >= 0.3 is 0 Å². The number of aromatic nitrogens is 3. The van der Waals surface area contributed by atoms with Crippen molar-refractivity contribution in [2.24, 2.45) is 0 Å². The van der Waals surface area contributed by atoms with Crippen LogP contribution in [0.5, 0.6) is 0 Å². The molecule has 1 N–H and O–H groups in total. The zero-order chi connectivity index (χ0) is 11.4. The monoisotopic (exact) mass is 216 g/mol. The van der Waals surface area contributed by atoms with Crippen LogP contribution in [0.3, 0.4) is 0 Å². The van der Waals surface area contributed by atoms with Crippen LogP contribution in [0.1, 0.15) is 19.4 Å². The Morgan fingerprint density at radius 3 is 2.94 bits per heavy atom. The topological polar surface area (TPSA) is 42.7 Å². The lowest BCUT2D eigenvalue weighted by Crippen LogP contribution is -2.14.